The van der Waals surface area contributed by atoms with Crippen LogP contribution in [0.5, 0.6) is 5.75 Å². The van der Waals surface area contributed by atoms with E-state index in [2.05, 4.69) is 10.6 Å². The molecular formula is C21H26F3N3O4S. The molecular weight excluding hydrogens is 447 g/mol. The molecule has 0 heterocycles. The fourth-order valence-electron chi connectivity index (χ4n) is 2.66. The summed E-state index contributed by atoms with van der Waals surface area (Å²) in [5, 5.41) is 5.27. The Balaban J connectivity index is 2.19. The van der Waals surface area contributed by atoms with Gasteiger partial charge in [0.15, 0.2) is 0 Å². The fraction of sp³-hybridized carbons (Fsp3) is 0.381. The summed E-state index contributed by atoms with van der Waals surface area (Å²) in [5.74, 6) is -0.366. The Morgan fingerprint density at radius 3 is 2.38 bits per heavy atom. The first-order chi connectivity index (χ1) is 14.9. The molecule has 0 aromatic heterocycles. The van der Waals surface area contributed by atoms with Gasteiger partial charge in [0.2, 0.25) is 15.9 Å². The minimum absolute atomic E-state index is 0.00416. The molecule has 11 heteroatoms. The molecule has 2 rings (SSSR count). The lowest BCUT2D eigenvalue weighted by molar-refractivity contribution is -0.137. The molecule has 0 saturated heterocycles. The quantitative estimate of drug-likeness (QED) is 0.573. The largest absolute Gasteiger partial charge is 0.491 e. The Bertz CT molecular complexity index is 1070. The van der Waals surface area contributed by atoms with Crippen molar-refractivity contribution in [2.75, 3.05) is 37.9 Å². The summed E-state index contributed by atoms with van der Waals surface area (Å²) < 4.78 is 70.4. The van der Waals surface area contributed by atoms with Crippen LogP contribution in [-0.4, -0.2) is 45.9 Å². The summed E-state index contributed by atoms with van der Waals surface area (Å²) in [6, 6.07) is 7.33. The van der Waals surface area contributed by atoms with Crippen molar-refractivity contribution in [2.24, 2.45) is 0 Å². The summed E-state index contributed by atoms with van der Waals surface area (Å²) in [4.78, 5) is 12.4. The molecule has 2 aromatic carbocycles. The van der Waals surface area contributed by atoms with Crippen LogP contribution < -0.4 is 15.4 Å². The maximum atomic E-state index is 13.1. The van der Waals surface area contributed by atoms with E-state index in [1.807, 2.05) is 6.92 Å². The molecule has 0 aliphatic rings. The minimum atomic E-state index is -4.54. The second-order valence-electron chi connectivity index (χ2n) is 7.22. The third kappa shape index (κ3) is 6.36. The molecule has 32 heavy (non-hydrogen) atoms. The maximum absolute atomic E-state index is 13.1. The van der Waals surface area contributed by atoms with Crippen molar-refractivity contribution >= 4 is 27.3 Å². The van der Waals surface area contributed by atoms with E-state index >= 15 is 0 Å². The van der Waals surface area contributed by atoms with Crippen LogP contribution in [0.25, 0.3) is 0 Å². The zero-order chi connectivity index (χ0) is 24.1. The summed E-state index contributed by atoms with van der Waals surface area (Å²) in [6.45, 7) is 3.50. The van der Waals surface area contributed by atoms with E-state index in [-0.39, 0.29) is 28.6 Å². The van der Waals surface area contributed by atoms with E-state index in [1.165, 1.54) is 32.3 Å². The highest BCUT2D eigenvalue weighted by Gasteiger charge is 2.31. The summed E-state index contributed by atoms with van der Waals surface area (Å²) >= 11 is 0. The molecule has 0 unspecified atom stereocenters. The highest BCUT2D eigenvalue weighted by atomic mass is 32.2. The lowest BCUT2D eigenvalue weighted by atomic mass is 10.1. The molecule has 0 spiro atoms. The molecule has 0 radical (unpaired) electrons. The molecule has 0 fully saturated rings. The predicted octanol–water partition coefficient (Wildman–Crippen LogP) is 4.10. The Morgan fingerprint density at radius 1 is 1.09 bits per heavy atom. The molecule has 0 aliphatic carbocycles. The van der Waals surface area contributed by atoms with Gasteiger partial charge in [-0.3, -0.25) is 4.79 Å². The van der Waals surface area contributed by atoms with E-state index in [1.54, 1.807) is 13.0 Å². The number of ether oxygens (including phenoxy) is 1. The van der Waals surface area contributed by atoms with Crippen molar-refractivity contribution in [2.45, 2.75) is 31.3 Å². The van der Waals surface area contributed by atoms with E-state index in [4.69, 9.17) is 4.74 Å². The van der Waals surface area contributed by atoms with Crippen LogP contribution in [0.1, 0.15) is 24.5 Å². The Hall–Kier alpha value is -2.79. The average molecular weight is 474 g/mol. The smallest absolute Gasteiger partial charge is 0.416 e. The summed E-state index contributed by atoms with van der Waals surface area (Å²) in [7, 11) is -0.910. The van der Waals surface area contributed by atoms with E-state index in [0.717, 1.165) is 16.4 Å². The van der Waals surface area contributed by atoms with Crippen LogP contribution in [0.15, 0.2) is 41.3 Å². The Kier molecular flexibility index (Phi) is 8.13. The first-order valence-electron chi connectivity index (χ1n) is 9.77. The highest BCUT2D eigenvalue weighted by molar-refractivity contribution is 7.89. The van der Waals surface area contributed by atoms with Gasteiger partial charge in [0.25, 0.3) is 0 Å². The zero-order valence-electron chi connectivity index (χ0n) is 18.2. The van der Waals surface area contributed by atoms with Crippen LogP contribution in [0.2, 0.25) is 0 Å². The van der Waals surface area contributed by atoms with E-state index < -0.39 is 27.7 Å². The number of alkyl halides is 3. The molecule has 1 amide bonds. The number of anilines is 2. The fourth-order valence-corrected chi connectivity index (χ4v) is 3.59. The summed E-state index contributed by atoms with van der Waals surface area (Å²) in [6.07, 6.45) is -3.89. The van der Waals surface area contributed by atoms with Gasteiger partial charge in [0.1, 0.15) is 5.75 Å². The van der Waals surface area contributed by atoms with Crippen LogP contribution in [0.3, 0.4) is 0 Å². The van der Waals surface area contributed by atoms with E-state index in [9.17, 15) is 26.4 Å². The van der Waals surface area contributed by atoms with Crippen LogP contribution in [0.4, 0.5) is 24.5 Å². The van der Waals surface area contributed by atoms with Crippen molar-refractivity contribution in [1.82, 2.24) is 4.31 Å². The highest BCUT2D eigenvalue weighted by Crippen LogP contribution is 2.35. The number of amides is 1. The molecule has 0 aliphatic heterocycles. The van der Waals surface area contributed by atoms with Gasteiger partial charge in [0.05, 0.1) is 29.3 Å². The second kappa shape index (κ2) is 10.2. The van der Waals surface area contributed by atoms with Crippen LogP contribution >= 0.6 is 0 Å². The van der Waals surface area contributed by atoms with Crippen molar-refractivity contribution in [1.29, 1.82) is 0 Å². The van der Waals surface area contributed by atoms with Crippen LogP contribution in [0, 0.1) is 6.92 Å². The maximum Gasteiger partial charge on any atom is 0.416 e. The summed E-state index contributed by atoms with van der Waals surface area (Å²) in [5.41, 5.74) is 0.0686. The van der Waals surface area contributed by atoms with Gasteiger partial charge in [-0.25, -0.2) is 12.7 Å². The van der Waals surface area contributed by atoms with Gasteiger partial charge in [-0.05, 0) is 49.2 Å². The van der Waals surface area contributed by atoms with Crippen molar-refractivity contribution in [3.05, 3.63) is 47.5 Å². The number of nitrogens with zero attached hydrogens (tertiary/aromatic N) is 1. The Labute approximate surface area is 185 Å². The molecule has 176 valence electrons. The van der Waals surface area contributed by atoms with Gasteiger partial charge in [-0.15, -0.1) is 0 Å². The molecule has 7 nitrogen and oxygen atoms in total. The molecule has 2 N–H and O–H groups in total. The number of hydrogen-bond donors (Lipinski definition) is 2. The zero-order valence-corrected chi connectivity index (χ0v) is 19.0. The van der Waals surface area contributed by atoms with Gasteiger partial charge < -0.3 is 15.4 Å². The van der Waals surface area contributed by atoms with Gasteiger partial charge in [-0.2, -0.15) is 13.2 Å². The van der Waals surface area contributed by atoms with Crippen molar-refractivity contribution in [3.63, 3.8) is 0 Å². The molecule has 0 saturated carbocycles. The van der Waals surface area contributed by atoms with Gasteiger partial charge >= 0.3 is 6.18 Å². The first-order valence-corrected chi connectivity index (χ1v) is 11.2. The molecule has 0 bridgehead atoms. The SMILES string of the molecule is CCCOc1ccc(C(F)(F)F)cc1NCC(=O)Nc1cc(S(=O)(=O)N(C)C)ccc1C. The standard InChI is InChI=1S/C21H26F3N3O4S/c1-5-10-31-19-9-7-15(21(22,23)24)11-18(19)25-13-20(28)26-17-12-16(8-6-14(17)2)32(29,30)27(3)4/h6-9,11-12,25H,5,10,13H2,1-4H3,(H,26,28). The van der Waals surface area contributed by atoms with Gasteiger partial charge in [0, 0.05) is 19.8 Å². The minimum Gasteiger partial charge on any atom is -0.491 e. The lowest BCUT2D eigenvalue weighted by Gasteiger charge is -2.17. The average Bonchev–Trinajstić information content (AvgIpc) is 2.71. The number of rotatable bonds is 9. The number of nitrogens with one attached hydrogen (secondary N) is 2. The number of sulfonamides is 1. The topological polar surface area (TPSA) is 87.7 Å². The predicted molar refractivity (Wildman–Crippen MR) is 116 cm³/mol. The molecule has 2 aromatic rings. The lowest BCUT2D eigenvalue weighted by Crippen LogP contribution is -2.24. The third-order valence-corrected chi connectivity index (χ3v) is 6.28. The monoisotopic (exact) mass is 473 g/mol. The van der Waals surface area contributed by atoms with Crippen LogP contribution in [-0.2, 0) is 21.0 Å². The number of carbonyl (C=O) groups excluding carboxylic acids is 1. The first kappa shape index (κ1) is 25.5. The second-order valence-corrected chi connectivity index (χ2v) is 9.37. The number of hydrogen-bond acceptors (Lipinski definition) is 5. The Morgan fingerprint density at radius 2 is 1.78 bits per heavy atom. The third-order valence-electron chi connectivity index (χ3n) is 4.47. The van der Waals surface area contributed by atoms with Gasteiger partial charge in [-0.1, -0.05) is 13.0 Å². The number of carbonyl (C=O) groups is 1. The number of aryl methyl sites for hydroxylation is 1. The van der Waals surface area contributed by atoms with Crippen molar-refractivity contribution in [3.8, 4) is 5.75 Å². The molecule has 0 atom stereocenters. The number of halogens is 3. The number of benzene rings is 2. The normalized spacial score (nSPS) is 12.0. The van der Waals surface area contributed by atoms with E-state index in [0.29, 0.717) is 18.6 Å². The van der Waals surface area contributed by atoms with Crippen molar-refractivity contribution < 1.29 is 31.1 Å².